The molecule has 0 fully saturated rings. The fourth-order valence-electron chi connectivity index (χ4n) is 2.46. The number of rotatable bonds is 6. The summed E-state index contributed by atoms with van der Waals surface area (Å²) in [6, 6.07) is 12.8. The van der Waals surface area contributed by atoms with E-state index in [2.05, 4.69) is 0 Å². The number of hydrogen-bond acceptors (Lipinski definition) is 4. The molecule has 2 rings (SSSR count). The molecule has 0 bridgehead atoms. The average Bonchev–Trinajstić information content (AvgIpc) is 2.59. The molecule has 1 unspecified atom stereocenters. The third kappa shape index (κ3) is 3.97. The number of guanidine groups is 1. The Balaban J connectivity index is 2.60. The van der Waals surface area contributed by atoms with Crippen molar-refractivity contribution < 1.29 is 18.3 Å². The van der Waals surface area contributed by atoms with Crippen LogP contribution in [0, 0.1) is 5.41 Å². The molecule has 0 heterocycles. The van der Waals surface area contributed by atoms with Crippen LogP contribution in [0.2, 0.25) is 0 Å². The van der Waals surface area contributed by atoms with E-state index in [-0.39, 0.29) is 16.2 Å². The van der Waals surface area contributed by atoms with Crippen molar-refractivity contribution in [2.75, 3.05) is 10.7 Å². The van der Waals surface area contributed by atoms with Crippen LogP contribution in [0.4, 0.5) is 5.69 Å². The summed E-state index contributed by atoms with van der Waals surface area (Å²) >= 11 is 0. The second-order valence-electron chi connectivity index (χ2n) is 5.31. The molecule has 1 atom stereocenters. The molecule has 4 N–H and O–H groups in total. The van der Waals surface area contributed by atoms with Crippen LogP contribution >= 0.6 is 0 Å². The average molecular weight is 361 g/mol. The van der Waals surface area contributed by atoms with Gasteiger partial charge in [0.2, 0.25) is 0 Å². The maximum atomic E-state index is 12.1. The smallest absolute Gasteiger partial charge is 0.331 e. The standard InChI is InChI=1S/C17H19N3O4S/c1-2-25(23,24)14-10-6-7-12(11-14)15(16(21)22)20(17(18)19)13-8-4-3-5-9-13/h3-11,15H,2H2,1H3,(H3,18,19)(H,21,22). The highest BCUT2D eigenvalue weighted by molar-refractivity contribution is 7.91. The summed E-state index contributed by atoms with van der Waals surface area (Å²) in [4.78, 5) is 13.1. The van der Waals surface area contributed by atoms with Crippen molar-refractivity contribution in [3.63, 3.8) is 0 Å². The summed E-state index contributed by atoms with van der Waals surface area (Å²) in [5.74, 6) is -1.80. The minimum absolute atomic E-state index is 0.0373. The Morgan fingerprint density at radius 3 is 2.36 bits per heavy atom. The van der Waals surface area contributed by atoms with Crippen LogP contribution in [0.1, 0.15) is 18.5 Å². The lowest BCUT2D eigenvalue weighted by molar-refractivity contribution is -0.138. The Kier molecular flexibility index (Phi) is 5.43. The first-order valence-corrected chi connectivity index (χ1v) is 9.17. The van der Waals surface area contributed by atoms with Crippen LogP contribution in [-0.4, -0.2) is 31.2 Å². The lowest BCUT2D eigenvalue weighted by atomic mass is 10.0. The van der Waals surface area contributed by atoms with Crippen molar-refractivity contribution in [3.05, 3.63) is 60.2 Å². The van der Waals surface area contributed by atoms with E-state index in [4.69, 9.17) is 11.1 Å². The van der Waals surface area contributed by atoms with Crippen molar-refractivity contribution in [1.29, 1.82) is 5.41 Å². The fourth-order valence-corrected chi connectivity index (χ4v) is 3.40. The summed E-state index contributed by atoms with van der Waals surface area (Å²) in [6.07, 6.45) is 0. The number of para-hydroxylation sites is 1. The predicted molar refractivity (Wildman–Crippen MR) is 95.4 cm³/mol. The van der Waals surface area contributed by atoms with Gasteiger partial charge < -0.3 is 10.8 Å². The molecular weight excluding hydrogens is 342 g/mol. The normalized spacial score (nSPS) is 12.4. The third-order valence-corrected chi connectivity index (χ3v) is 5.43. The second kappa shape index (κ2) is 7.35. The molecular formula is C17H19N3O4S. The van der Waals surface area contributed by atoms with E-state index in [0.717, 1.165) is 4.90 Å². The van der Waals surface area contributed by atoms with E-state index in [1.807, 2.05) is 0 Å². The number of nitrogens with zero attached hydrogens (tertiary/aromatic N) is 1. The van der Waals surface area contributed by atoms with Crippen LogP contribution in [0.3, 0.4) is 0 Å². The predicted octanol–water partition coefficient (Wildman–Crippen LogP) is 2.01. The number of anilines is 1. The van der Waals surface area contributed by atoms with Gasteiger partial charge in [-0.25, -0.2) is 13.2 Å². The molecule has 132 valence electrons. The van der Waals surface area contributed by atoms with Gasteiger partial charge in [0.1, 0.15) is 0 Å². The van der Waals surface area contributed by atoms with Crippen molar-refractivity contribution in [2.45, 2.75) is 17.9 Å². The lowest BCUT2D eigenvalue weighted by Gasteiger charge is -2.29. The fraction of sp³-hybridized carbons (Fsp3) is 0.176. The Morgan fingerprint density at radius 2 is 1.84 bits per heavy atom. The summed E-state index contributed by atoms with van der Waals surface area (Å²) in [6.45, 7) is 1.52. The number of nitrogens with two attached hydrogens (primary N) is 1. The van der Waals surface area contributed by atoms with Gasteiger partial charge in [-0.3, -0.25) is 10.3 Å². The highest BCUT2D eigenvalue weighted by Gasteiger charge is 2.30. The molecule has 25 heavy (non-hydrogen) atoms. The van der Waals surface area contributed by atoms with Crippen LogP contribution in [0.25, 0.3) is 0 Å². The molecule has 0 aliphatic rings. The van der Waals surface area contributed by atoms with Crippen molar-refractivity contribution in [3.8, 4) is 0 Å². The quantitative estimate of drug-likeness (QED) is 0.534. The first kappa shape index (κ1) is 18.5. The third-order valence-electron chi connectivity index (χ3n) is 3.70. The van der Waals surface area contributed by atoms with E-state index in [1.54, 1.807) is 30.3 Å². The molecule has 0 aliphatic heterocycles. The number of carboxylic acids is 1. The Hall–Kier alpha value is -2.87. The SMILES string of the molecule is CCS(=O)(=O)c1cccc(C(C(=O)O)N(C(=N)N)c2ccccc2)c1. The molecule has 0 aliphatic carbocycles. The molecule has 0 saturated carbocycles. The molecule has 0 spiro atoms. The molecule has 8 heteroatoms. The van der Waals surface area contributed by atoms with E-state index in [0.29, 0.717) is 5.69 Å². The molecule has 2 aromatic carbocycles. The number of carbonyl (C=O) groups is 1. The van der Waals surface area contributed by atoms with Crippen molar-refractivity contribution >= 4 is 27.5 Å². The zero-order chi connectivity index (χ0) is 18.6. The van der Waals surface area contributed by atoms with Crippen LogP contribution in [0.15, 0.2) is 59.5 Å². The van der Waals surface area contributed by atoms with Gasteiger partial charge in [0, 0.05) is 5.69 Å². The largest absolute Gasteiger partial charge is 0.479 e. The molecule has 0 radical (unpaired) electrons. The molecule has 2 aromatic rings. The van der Waals surface area contributed by atoms with Crippen molar-refractivity contribution in [1.82, 2.24) is 0 Å². The summed E-state index contributed by atoms with van der Waals surface area (Å²) in [5.41, 5.74) is 6.27. The first-order chi connectivity index (χ1) is 11.8. The Labute approximate surface area is 146 Å². The molecule has 0 aromatic heterocycles. The summed E-state index contributed by atoms with van der Waals surface area (Å²) < 4.78 is 24.2. The van der Waals surface area contributed by atoms with Gasteiger partial charge in [0.15, 0.2) is 21.8 Å². The first-order valence-electron chi connectivity index (χ1n) is 7.51. The van der Waals surface area contributed by atoms with Crippen LogP contribution in [0.5, 0.6) is 0 Å². The molecule has 7 nitrogen and oxygen atoms in total. The minimum atomic E-state index is -3.49. The van der Waals surface area contributed by atoms with Gasteiger partial charge in [0.05, 0.1) is 10.6 Å². The monoisotopic (exact) mass is 361 g/mol. The van der Waals surface area contributed by atoms with E-state index in [1.165, 1.54) is 31.2 Å². The Bertz CT molecular complexity index is 882. The zero-order valence-corrected chi connectivity index (χ0v) is 14.4. The van der Waals surface area contributed by atoms with E-state index < -0.39 is 27.8 Å². The maximum absolute atomic E-state index is 12.1. The van der Waals surface area contributed by atoms with Gasteiger partial charge in [-0.1, -0.05) is 37.3 Å². The number of sulfone groups is 1. The van der Waals surface area contributed by atoms with E-state index >= 15 is 0 Å². The van der Waals surface area contributed by atoms with Gasteiger partial charge in [0.25, 0.3) is 0 Å². The lowest BCUT2D eigenvalue weighted by Crippen LogP contribution is -2.43. The van der Waals surface area contributed by atoms with Gasteiger partial charge in [-0.15, -0.1) is 0 Å². The maximum Gasteiger partial charge on any atom is 0.331 e. The van der Waals surface area contributed by atoms with Crippen LogP contribution < -0.4 is 10.6 Å². The number of nitrogens with one attached hydrogen (secondary N) is 1. The summed E-state index contributed by atoms with van der Waals surface area (Å²) in [7, 11) is -3.49. The van der Waals surface area contributed by atoms with Crippen molar-refractivity contribution in [2.24, 2.45) is 5.73 Å². The zero-order valence-electron chi connectivity index (χ0n) is 13.6. The van der Waals surface area contributed by atoms with Gasteiger partial charge in [-0.05, 0) is 29.8 Å². The Morgan fingerprint density at radius 1 is 1.20 bits per heavy atom. The molecule has 0 amide bonds. The second-order valence-corrected chi connectivity index (χ2v) is 7.59. The summed E-state index contributed by atoms with van der Waals surface area (Å²) in [5, 5.41) is 17.5. The number of hydrogen-bond donors (Lipinski definition) is 3. The highest BCUT2D eigenvalue weighted by atomic mass is 32.2. The number of aliphatic carboxylic acids is 1. The van der Waals surface area contributed by atoms with Gasteiger partial charge in [-0.2, -0.15) is 0 Å². The van der Waals surface area contributed by atoms with E-state index in [9.17, 15) is 18.3 Å². The number of benzene rings is 2. The highest BCUT2D eigenvalue weighted by Crippen LogP contribution is 2.28. The van der Waals surface area contributed by atoms with Crippen LogP contribution in [-0.2, 0) is 14.6 Å². The topological polar surface area (TPSA) is 125 Å². The molecule has 0 saturated heterocycles. The van der Waals surface area contributed by atoms with Gasteiger partial charge >= 0.3 is 5.97 Å². The number of carboxylic acid groups (broad SMARTS) is 1. The minimum Gasteiger partial charge on any atom is -0.479 e.